The lowest BCUT2D eigenvalue weighted by Crippen LogP contribution is -2.54. The standard InChI is InChI=1S/C36H38F2N6O3/c37-29-6-1-5-22-17-25(45)18-28(31(22)29)26-10-11-27-33(32(26)38)40-35(47-21-36-12-3-14-43(36)15-4-13-36)41-34(27)42-19-23-8-9-24(20-42)44(23)16-2-7-30(39)46/h1-2,5-7,10-11,17-18,23-24,45H,3-4,8-9,12-16,19-21H2,(H2,39,46)/b7-2+/t23-,24+. The van der Waals surface area contributed by atoms with Gasteiger partial charge in [0.15, 0.2) is 5.82 Å². The van der Waals surface area contributed by atoms with Gasteiger partial charge in [0.25, 0.3) is 0 Å². The molecule has 4 aromatic rings. The molecule has 4 aliphatic heterocycles. The summed E-state index contributed by atoms with van der Waals surface area (Å²) in [5.74, 6) is -1.05. The van der Waals surface area contributed by atoms with E-state index in [1.165, 1.54) is 24.3 Å². The summed E-state index contributed by atoms with van der Waals surface area (Å²) in [6, 6.07) is 11.5. The number of nitrogens with two attached hydrogens (primary N) is 1. The molecule has 5 heterocycles. The summed E-state index contributed by atoms with van der Waals surface area (Å²) in [6.45, 7) is 4.54. The van der Waals surface area contributed by atoms with Crippen LogP contribution in [0, 0.1) is 11.6 Å². The number of fused-ring (bicyclic) bond motifs is 5. The van der Waals surface area contributed by atoms with Gasteiger partial charge >= 0.3 is 6.01 Å². The smallest absolute Gasteiger partial charge is 0.319 e. The molecule has 1 amide bonds. The number of piperazine rings is 1. The summed E-state index contributed by atoms with van der Waals surface area (Å²) < 4.78 is 38.4. The normalized spacial score (nSPS) is 22.6. The molecule has 47 heavy (non-hydrogen) atoms. The average Bonchev–Trinajstić information content (AvgIpc) is 3.69. The Morgan fingerprint density at radius 1 is 1.04 bits per heavy atom. The predicted molar refractivity (Wildman–Crippen MR) is 176 cm³/mol. The molecule has 4 saturated heterocycles. The monoisotopic (exact) mass is 640 g/mol. The van der Waals surface area contributed by atoms with Gasteiger partial charge in [-0.15, -0.1) is 0 Å². The van der Waals surface area contributed by atoms with E-state index in [-0.39, 0.29) is 51.4 Å². The number of anilines is 1. The number of ether oxygens (including phenoxy) is 1. The number of halogens is 2. The second-order valence-corrected chi connectivity index (χ2v) is 13.5. The minimum atomic E-state index is -0.620. The number of carbonyl (C=O) groups is 1. The molecule has 0 saturated carbocycles. The van der Waals surface area contributed by atoms with Crippen molar-refractivity contribution in [2.45, 2.75) is 56.1 Å². The van der Waals surface area contributed by atoms with Crippen molar-refractivity contribution in [2.75, 3.05) is 44.2 Å². The van der Waals surface area contributed by atoms with E-state index < -0.39 is 17.5 Å². The van der Waals surface area contributed by atoms with Gasteiger partial charge in [-0.25, -0.2) is 8.78 Å². The molecule has 9 nitrogen and oxygen atoms in total. The Hall–Kier alpha value is -4.35. The molecule has 0 aliphatic carbocycles. The lowest BCUT2D eigenvalue weighted by molar-refractivity contribution is -0.113. The molecule has 11 heteroatoms. The van der Waals surface area contributed by atoms with Crippen LogP contribution in [-0.4, -0.2) is 87.7 Å². The maximum atomic E-state index is 16.8. The number of phenols is 1. The average molecular weight is 641 g/mol. The number of amides is 1. The van der Waals surface area contributed by atoms with E-state index in [0.29, 0.717) is 42.8 Å². The van der Waals surface area contributed by atoms with Crippen molar-refractivity contribution < 1.29 is 23.4 Å². The molecule has 2 atom stereocenters. The number of carbonyl (C=O) groups excluding carboxylic acids is 1. The zero-order valence-corrected chi connectivity index (χ0v) is 26.2. The van der Waals surface area contributed by atoms with Crippen LogP contribution in [0.5, 0.6) is 11.8 Å². The maximum Gasteiger partial charge on any atom is 0.319 e. The van der Waals surface area contributed by atoms with Crippen LogP contribution in [0.2, 0.25) is 0 Å². The molecule has 0 radical (unpaired) electrons. The first-order valence-electron chi connectivity index (χ1n) is 16.6. The van der Waals surface area contributed by atoms with Gasteiger partial charge in [0.2, 0.25) is 5.91 Å². The van der Waals surface area contributed by atoms with Crippen LogP contribution in [0.1, 0.15) is 38.5 Å². The molecule has 2 bridgehead atoms. The van der Waals surface area contributed by atoms with Crippen molar-refractivity contribution in [3.63, 3.8) is 0 Å². The minimum absolute atomic E-state index is 0.0416. The number of hydrogen-bond acceptors (Lipinski definition) is 8. The van der Waals surface area contributed by atoms with E-state index in [9.17, 15) is 9.90 Å². The van der Waals surface area contributed by atoms with Crippen molar-refractivity contribution in [3.05, 3.63) is 66.3 Å². The second kappa shape index (κ2) is 11.7. The Kier molecular flexibility index (Phi) is 7.48. The Balaban J connectivity index is 1.21. The fraction of sp³-hybridized carbons (Fsp3) is 0.417. The fourth-order valence-electron chi connectivity index (χ4n) is 8.63. The largest absolute Gasteiger partial charge is 0.508 e. The van der Waals surface area contributed by atoms with Gasteiger partial charge in [0.05, 0.1) is 5.54 Å². The molecular formula is C36H38F2N6O3. The summed E-state index contributed by atoms with van der Waals surface area (Å²) in [5.41, 5.74) is 5.76. The van der Waals surface area contributed by atoms with Gasteiger partial charge in [0, 0.05) is 48.1 Å². The highest BCUT2D eigenvalue weighted by molar-refractivity contribution is 6.01. The first kappa shape index (κ1) is 30.0. The van der Waals surface area contributed by atoms with Crippen LogP contribution in [0.25, 0.3) is 32.8 Å². The number of benzene rings is 3. The first-order chi connectivity index (χ1) is 22.8. The molecule has 3 N–H and O–H groups in total. The lowest BCUT2D eigenvalue weighted by Gasteiger charge is -2.41. The van der Waals surface area contributed by atoms with E-state index in [1.807, 2.05) is 6.08 Å². The number of aromatic hydroxyl groups is 1. The van der Waals surface area contributed by atoms with Gasteiger partial charge in [-0.2, -0.15) is 9.97 Å². The third-order valence-electron chi connectivity index (χ3n) is 10.8. The summed E-state index contributed by atoms with van der Waals surface area (Å²) in [6.07, 6.45) is 9.59. The lowest BCUT2D eigenvalue weighted by atomic mass is 9.95. The van der Waals surface area contributed by atoms with Crippen molar-refractivity contribution in [1.82, 2.24) is 19.8 Å². The number of rotatable bonds is 8. The predicted octanol–water partition coefficient (Wildman–Crippen LogP) is 5.14. The SMILES string of the molecule is NC(=O)/C=C/CN1[C@@H]2CC[C@H]1CN(c1nc(OCC34CCCN3CCC4)nc3c(F)c(-c4cc(O)cc5cccc(F)c45)ccc13)C2. The molecule has 0 spiro atoms. The Morgan fingerprint density at radius 2 is 1.81 bits per heavy atom. The minimum Gasteiger partial charge on any atom is -0.508 e. The summed E-state index contributed by atoms with van der Waals surface area (Å²) in [5, 5.41) is 11.8. The van der Waals surface area contributed by atoms with E-state index in [4.69, 9.17) is 15.5 Å². The third-order valence-corrected chi connectivity index (χ3v) is 10.8. The van der Waals surface area contributed by atoms with E-state index >= 15 is 8.78 Å². The van der Waals surface area contributed by atoms with Crippen LogP contribution in [0.4, 0.5) is 14.6 Å². The van der Waals surface area contributed by atoms with Gasteiger partial charge in [-0.3, -0.25) is 14.6 Å². The summed E-state index contributed by atoms with van der Waals surface area (Å²) in [4.78, 5) is 28.0. The zero-order chi connectivity index (χ0) is 32.3. The molecule has 244 valence electrons. The van der Waals surface area contributed by atoms with Gasteiger partial charge < -0.3 is 20.5 Å². The van der Waals surface area contributed by atoms with Crippen molar-refractivity contribution in [3.8, 4) is 22.9 Å². The van der Waals surface area contributed by atoms with Crippen molar-refractivity contribution in [1.29, 1.82) is 0 Å². The van der Waals surface area contributed by atoms with Crippen LogP contribution in [0.3, 0.4) is 0 Å². The van der Waals surface area contributed by atoms with Crippen molar-refractivity contribution >= 4 is 33.4 Å². The van der Waals surface area contributed by atoms with Gasteiger partial charge in [-0.1, -0.05) is 24.3 Å². The van der Waals surface area contributed by atoms with Crippen LogP contribution in [0.15, 0.2) is 54.6 Å². The fourth-order valence-corrected chi connectivity index (χ4v) is 8.63. The molecule has 1 aromatic heterocycles. The molecule has 0 unspecified atom stereocenters. The number of phenolic OH excluding ortho intramolecular Hbond substituents is 1. The van der Waals surface area contributed by atoms with E-state index in [2.05, 4.69) is 19.7 Å². The second-order valence-electron chi connectivity index (χ2n) is 13.5. The first-order valence-corrected chi connectivity index (χ1v) is 16.6. The molecular weight excluding hydrogens is 602 g/mol. The van der Waals surface area contributed by atoms with Crippen LogP contribution in [-0.2, 0) is 4.79 Å². The van der Waals surface area contributed by atoms with Crippen LogP contribution < -0.4 is 15.4 Å². The summed E-state index contributed by atoms with van der Waals surface area (Å²) in [7, 11) is 0. The van der Waals surface area contributed by atoms with Crippen molar-refractivity contribution in [2.24, 2.45) is 5.73 Å². The Labute approximate surface area is 271 Å². The molecule has 4 aliphatic rings. The van der Waals surface area contributed by atoms with E-state index in [0.717, 1.165) is 51.6 Å². The molecule has 8 rings (SSSR count). The number of hydrogen-bond donors (Lipinski definition) is 2. The Morgan fingerprint density at radius 3 is 2.55 bits per heavy atom. The molecule has 3 aromatic carbocycles. The highest BCUT2D eigenvalue weighted by atomic mass is 19.1. The van der Waals surface area contributed by atoms with Gasteiger partial charge in [-0.05, 0) is 92.9 Å². The summed E-state index contributed by atoms with van der Waals surface area (Å²) >= 11 is 0. The van der Waals surface area contributed by atoms with E-state index in [1.54, 1.807) is 24.3 Å². The zero-order valence-electron chi connectivity index (χ0n) is 26.2. The third kappa shape index (κ3) is 5.25. The highest BCUT2D eigenvalue weighted by Gasteiger charge is 2.45. The maximum absolute atomic E-state index is 16.8. The van der Waals surface area contributed by atoms with Crippen LogP contribution >= 0.6 is 0 Å². The van der Waals surface area contributed by atoms with Gasteiger partial charge in [0.1, 0.15) is 29.5 Å². The highest BCUT2D eigenvalue weighted by Crippen LogP contribution is 2.42. The Bertz CT molecular complexity index is 1890. The quantitative estimate of drug-likeness (QED) is 0.255. The molecule has 4 fully saturated rings. The number of primary amides is 1. The number of nitrogens with zero attached hydrogens (tertiary/aromatic N) is 5. The number of aromatic nitrogens is 2. The topological polar surface area (TPSA) is 108 Å².